The van der Waals surface area contributed by atoms with Gasteiger partial charge in [-0.3, -0.25) is 9.59 Å². The highest BCUT2D eigenvalue weighted by Crippen LogP contribution is 2.22. The summed E-state index contributed by atoms with van der Waals surface area (Å²) in [5.41, 5.74) is 0.828. The molecule has 0 aliphatic carbocycles. The van der Waals surface area contributed by atoms with Crippen molar-refractivity contribution >= 4 is 34.5 Å². The van der Waals surface area contributed by atoms with Gasteiger partial charge >= 0.3 is 0 Å². The molecule has 2 saturated heterocycles. The molecule has 0 unspecified atom stereocenters. The van der Waals surface area contributed by atoms with E-state index < -0.39 is 0 Å². The van der Waals surface area contributed by atoms with Gasteiger partial charge in [-0.15, -0.1) is 0 Å². The van der Waals surface area contributed by atoms with Gasteiger partial charge < -0.3 is 20.4 Å². The Hall–Kier alpha value is -2.90. The number of hydrogen-bond acceptors (Lipinski definition) is 6. The van der Waals surface area contributed by atoms with Crippen LogP contribution in [0.1, 0.15) is 38.5 Å². The van der Waals surface area contributed by atoms with Crippen LogP contribution in [0.25, 0.3) is 10.9 Å². The van der Waals surface area contributed by atoms with Crippen LogP contribution < -0.4 is 10.6 Å². The van der Waals surface area contributed by atoms with Crippen LogP contribution in [0.2, 0.25) is 0 Å². The Labute approximate surface area is 177 Å². The lowest BCUT2D eigenvalue weighted by atomic mass is 10.2. The maximum absolute atomic E-state index is 12.3. The number of carbonyl (C=O) groups is 2. The van der Waals surface area contributed by atoms with E-state index in [0.29, 0.717) is 37.7 Å². The molecule has 8 nitrogen and oxygen atoms in total. The number of amides is 2. The average Bonchev–Trinajstić information content (AvgIpc) is 3.48. The summed E-state index contributed by atoms with van der Waals surface area (Å²) in [6, 6.07) is 7.81. The van der Waals surface area contributed by atoms with E-state index in [4.69, 9.17) is 0 Å². The molecule has 2 aliphatic heterocycles. The molecule has 2 N–H and O–H groups in total. The fourth-order valence-corrected chi connectivity index (χ4v) is 4.11. The zero-order chi connectivity index (χ0) is 20.8. The lowest BCUT2D eigenvalue weighted by molar-refractivity contribution is -0.130. The second-order valence-electron chi connectivity index (χ2n) is 7.94. The van der Waals surface area contributed by atoms with Crippen LogP contribution in [0.5, 0.6) is 0 Å². The van der Waals surface area contributed by atoms with E-state index in [1.165, 1.54) is 0 Å². The first-order valence-corrected chi connectivity index (χ1v) is 11.0. The number of carbonyl (C=O) groups excluding carboxylic acids is 2. The first-order chi connectivity index (χ1) is 14.7. The Morgan fingerprint density at radius 2 is 1.37 bits per heavy atom. The molecular formula is C22H30N6O2. The van der Waals surface area contributed by atoms with Crippen molar-refractivity contribution in [2.75, 3.05) is 49.9 Å². The monoisotopic (exact) mass is 410 g/mol. The number of hydrogen-bond donors (Lipinski definition) is 2. The molecule has 1 aromatic heterocycles. The number of nitrogens with one attached hydrogen (secondary N) is 2. The summed E-state index contributed by atoms with van der Waals surface area (Å²) in [5.74, 6) is 1.58. The molecular weight excluding hydrogens is 380 g/mol. The molecule has 0 saturated carbocycles. The number of anilines is 2. The minimum Gasteiger partial charge on any atom is -0.369 e. The number of likely N-dealkylation sites (tertiary alicyclic amines) is 2. The number of nitrogens with zero attached hydrogens (tertiary/aromatic N) is 4. The van der Waals surface area contributed by atoms with Crippen LogP contribution in [0.3, 0.4) is 0 Å². The van der Waals surface area contributed by atoms with Crippen molar-refractivity contribution in [2.24, 2.45) is 0 Å². The zero-order valence-electron chi connectivity index (χ0n) is 17.4. The second-order valence-corrected chi connectivity index (χ2v) is 7.94. The SMILES string of the molecule is O=C(CCNc1nc(NCCC(=O)N2CCCC2)c2ccccc2n1)N1CCCC1. The van der Waals surface area contributed by atoms with Crippen molar-refractivity contribution < 1.29 is 9.59 Å². The topological polar surface area (TPSA) is 90.5 Å². The summed E-state index contributed by atoms with van der Waals surface area (Å²) >= 11 is 0. The Bertz CT molecular complexity index is 890. The first kappa shape index (κ1) is 20.4. The van der Waals surface area contributed by atoms with E-state index in [2.05, 4.69) is 20.6 Å². The standard InChI is InChI=1S/C22H30N6O2/c29-19(27-13-3-4-14-27)9-11-23-21-17-7-1-2-8-18(17)25-22(26-21)24-12-10-20(30)28-15-5-6-16-28/h1-2,7-8H,3-6,9-16H2,(H2,23,24,25,26). The molecule has 3 heterocycles. The molecule has 0 radical (unpaired) electrons. The van der Waals surface area contributed by atoms with E-state index in [9.17, 15) is 9.59 Å². The summed E-state index contributed by atoms with van der Waals surface area (Å²) in [4.78, 5) is 37.6. The highest BCUT2D eigenvalue weighted by Gasteiger charge is 2.18. The van der Waals surface area contributed by atoms with Gasteiger partial charge in [-0.1, -0.05) is 12.1 Å². The van der Waals surface area contributed by atoms with Crippen LogP contribution in [-0.2, 0) is 9.59 Å². The van der Waals surface area contributed by atoms with Crippen molar-refractivity contribution in [1.29, 1.82) is 0 Å². The lowest BCUT2D eigenvalue weighted by Gasteiger charge is -2.16. The maximum Gasteiger partial charge on any atom is 0.225 e. The Morgan fingerprint density at radius 1 is 0.800 bits per heavy atom. The largest absolute Gasteiger partial charge is 0.369 e. The fourth-order valence-electron chi connectivity index (χ4n) is 4.11. The van der Waals surface area contributed by atoms with Crippen molar-refractivity contribution in [1.82, 2.24) is 19.8 Å². The van der Waals surface area contributed by atoms with Crippen LogP contribution in [0, 0.1) is 0 Å². The molecule has 160 valence electrons. The van der Waals surface area contributed by atoms with Crippen molar-refractivity contribution in [3.05, 3.63) is 24.3 Å². The molecule has 8 heteroatoms. The normalized spacial score (nSPS) is 16.3. The van der Waals surface area contributed by atoms with E-state index in [0.717, 1.165) is 62.8 Å². The number of aromatic nitrogens is 2. The molecule has 0 spiro atoms. The minimum atomic E-state index is 0.180. The van der Waals surface area contributed by atoms with E-state index >= 15 is 0 Å². The molecule has 0 atom stereocenters. The van der Waals surface area contributed by atoms with Crippen LogP contribution in [-0.4, -0.2) is 70.9 Å². The number of rotatable bonds is 8. The third kappa shape index (κ3) is 4.98. The molecule has 2 fully saturated rings. The summed E-state index contributed by atoms with van der Waals surface area (Å²) in [6.07, 6.45) is 5.29. The Kier molecular flexibility index (Phi) is 6.61. The van der Waals surface area contributed by atoms with Gasteiger partial charge in [-0.05, 0) is 37.8 Å². The van der Waals surface area contributed by atoms with Crippen LogP contribution in [0.15, 0.2) is 24.3 Å². The fraction of sp³-hybridized carbons (Fsp3) is 0.545. The number of fused-ring (bicyclic) bond motifs is 1. The van der Waals surface area contributed by atoms with Gasteiger partial charge in [0, 0.05) is 57.5 Å². The minimum absolute atomic E-state index is 0.180. The van der Waals surface area contributed by atoms with Gasteiger partial charge in [-0.2, -0.15) is 4.98 Å². The molecule has 2 aromatic rings. The van der Waals surface area contributed by atoms with Gasteiger partial charge in [0.1, 0.15) is 5.82 Å². The zero-order valence-corrected chi connectivity index (χ0v) is 17.4. The van der Waals surface area contributed by atoms with E-state index in [1.54, 1.807) is 0 Å². The van der Waals surface area contributed by atoms with Gasteiger partial charge in [0.25, 0.3) is 0 Å². The number of para-hydroxylation sites is 1. The molecule has 1 aromatic carbocycles. The second kappa shape index (κ2) is 9.73. The van der Waals surface area contributed by atoms with Gasteiger partial charge in [0.2, 0.25) is 17.8 Å². The summed E-state index contributed by atoms with van der Waals surface area (Å²) in [5, 5.41) is 7.42. The predicted octanol–water partition coefficient (Wildman–Crippen LogP) is 2.48. The Morgan fingerprint density at radius 3 is 2.00 bits per heavy atom. The molecule has 0 bridgehead atoms. The average molecular weight is 411 g/mol. The van der Waals surface area contributed by atoms with E-state index in [1.807, 2.05) is 34.1 Å². The molecule has 4 rings (SSSR count). The highest BCUT2D eigenvalue weighted by atomic mass is 16.2. The quantitative estimate of drug-likeness (QED) is 0.695. The van der Waals surface area contributed by atoms with Crippen molar-refractivity contribution in [3.63, 3.8) is 0 Å². The maximum atomic E-state index is 12.3. The van der Waals surface area contributed by atoms with Crippen LogP contribution in [0.4, 0.5) is 11.8 Å². The Balaban J connectivity index is 1.36. The van der Waals surface area contributed by atoms with Gasteiger partial charge in [-0.25, -0.2) is 4.98 Å². The van der Waals surface area contributed by atoms with Crippen molar-refractivity contribution in [3.8, 4) is 0 Å². The first-order valence-electron chi connectivity index (χ1n) is 11.0. The molecule has 2 aliphatic rings. The van der Waals surface area contributed by atoms with E-state index in [-0.39, 0.29) is 11.8 Å². The number of benzene rings is 1. The van der Waals surface area contributed by atoms with Gasteiger partial charge in [0.05, 0.1) is 5.52 Å². The van der Waals surface area contributed by atoms with Gasteiger partial charge in [0.15, 0.2) is 0 Å². The summed E-state index contributed by atoms with van der Waals surface area (Å²) < 4.78 is 0. The summed E-state index contributed by atoms with van der Waals surface area (Å²) in [6.45, 7) is 4.52. The van der Waals surface area contributed by atoms with Crippen LogP contribution >= 0.6 is 0 Å². The lowest BCUT2D eigenvalue weighted by Crippen LogP contribution is -2.29. The highest BCUT2D eigenvalue weighted by molar-refractivity contribution is 5.90. The molecule has 30 heavy (non-hydrogen) atoms. The third-order valence-electron chi connectivity index (χ3n) is 5.77. The third-order valence-corrected chi connectivity index (χ3v) is 5.77. The summed E-state index contributed by atoms with van der Waals surface area (Å²) in [7, 11) is 0. The van der Waals surface area contributed by atoms with Crippen molar-refractivity contribution in [2.45, 2.75) is 38.5 Å². The smallest absolute Gasteiger partial charge is 0.225 e. The molecule has 2 amide bonds. The predicted molar refractivity (Wildman–Crippen MR) is 117 cm³/mol.